The first kappa shape index (κ1) is 25.5. The zero-order valence-electron chi connectivity index (χ0n) is 18.5. The normalized spacial score (nSPS) is 15.8. The largest absolute Gasteiger partial charge is 0.573 e. The third-order valence-corrected chi connectivity index (χ3v) is 6.36. The van der Waals surface area contributed by atoms with E-state index in [9.17, 15) is 26.4 Å². The maximum atomic E-state index is 12.9. The molecule has 0 saturated carbocycles. The zero-order chi connectivity index (χ0) is 26.1. The number of nitrogens with zero attached hydrogens (tertiary/aromatic N) is 2. The highest BCUT2D eigenvalue weighted by Crippen LogP contribution is 2.28. The van der Waals surface area contributed by atoms with Crippen molar-refractivity contribution in [3.05, 3.63) is 82.8 Å². The van der Waals surface area contributed by atoms with Gasteiger partial charge in [-0.25, -0.2) is 18.4 Å². The van der Waals surface area contributed by atoms with Crippen LogP contribution in [-0.2, 0) is 16.4 Å². The molecule has 0 aliphatic carbocycles. The molecule has 0 radical (unpaired) electrons. The van der Waals surface area contributed by atoms with E-state index in [4.69, 9.17) is 11.6 Å². The number of amides is 1. The number of carbonyl (C=O) groups excluding carboxylic acids is 1. The van der Waals surface area contributed by atoms with Gasteiger partial charge in [-0.05, 0) is 36.4 Å². The Balaban J connectivity index is 1.65. The molecule has 1 amide bonds. The van der Waals surface area contributed by atoms with Gasteiger partial charge in [0, 0.05) is 18.0 Å². The molecule has 8 nitrogen and oxygen atoms in total. The number of halogens is 4. The van der Waals surface area contributed by atoms with E-state index >= 15 is 0 Å². The summed E-state index contributed by atoms with van der Waals surface area (Å²) < 4.78 is 66.0. The molecule has 2 aromatic carbocycles. The van der Waals surface area contributed by atoms with Crippen molar-refractivity contribution in [3.63, 3.8) is 0 Å². The topological polar surface area (TPSA) is 110 Å². The van der Waals surface area contributed by atoms with Gasteiger partial charge >= 0.3 is 6.36 Å². The maximum Gasteiger partial charge on any atom is 0.573 e. The van der Waals surface area contributed by atoms with Crippen molar-refractivity contribution in [2.75, 3.05) is 6.26 Å². The standard InChI is InChI=1S/C23H18ClF3N4O4S/c1-36(33,34)16-9-13(8-15(10-16)35-23(25,26)27)22(32)29-12-20-21(19-7-6-14(24)11-28-19)31-18-5-3-2-4-17(18)30-20/h2-11,19,28H,12H2,1H3,(H,29,32). The van der Waals surface area contributed by atoms with E-state index in [-0.39, 0.29) is 12.1 Å². The fourth-order valence-electron chi connectivity index (χ4n) is 3.44. The number of hydrogen-bond donors (Lipinski definition) is 2. The van der Waals surface area contributed by atoms with Crippen LogP contribution < -0.4 is 15.4 Å². The van der Waals surface area contributed by atoms with E-state index in [1.165, 1.54) is 0 Å². The summed E-state index contributed by atoms with van der Waals surface area (Å²) in [5.74, 6) is -1.66. The van der Waals surface area contributed by atoms with Gasteiger partial charge in [-0.1, -0.05) is 29.8 Å². The molecule has 1 aliphatic heterocycles. The Morgan fingerprint density at radius 3 is 2.47 bits per heavy atom. The number of rotatable bonds is 6. The lowest BCUT2D eigenvalue weighted by molar-refractivity contribution is -0.274. The molecule has 1 unspecified atom stereocenters. The Kier molecular flexibility index (Phi) is 6.92. The minimum atomic E-state index is -5.07. The summed E-state index contributed by atoms with van der Waals surface area (Å²) in [7, 11) is -3.94. The van der Waals surface area contributed by atoms with Crippen LogP contribution in [-0.4, -0.2) is 36.9 Å². The predicted octanol–water partition coefficient (Wildman–Crippen LogP) is 4.14. The van der Waals surface area contributed by atoms with Crippen molar-refractivity contribution in [2.24, 2.45) is 0 Å². The average molecular weight is 539 g/mol. The van der Waals surface area contributed by atoms with Gasteiger partial charge in [0.15, 0.2) is 9.84 Å². The second-order valence-corrected chi connectivity index (χ2v) is 10.2. The predicted molar refractivity (Wildman–Crippen MR) is 126 cm³/mol. The molecular formula is C23H18ClF3N4O4S. The Labute approximate surface area is 208 Å². The molecule has 188 valence electrons. The number of allylic oxidation sites excluding steroid dienone is 2. The van der Waals surface area contributed by atoms with Gasteiger partial charge in [0.2, 0.25) is 0 Å². The zero-order valence-corrected chi connectivity index (χ0v) is 20.1. The lowest BCUT2D eigenvalue weighted by atomic mass is 10.1. The van der Waals surface area contributed by atoms with E-state index < -0.39 is 38.8 Å². The Morgan fingerprint density at radius 2 is 1.86 bits per heavy atom. The summed E-state index contributed by atoms with van der Waals surface area (Å²) in [6.07, 6.45) is 0.773. The van der Waals surface area contributed by atoms with Gasteiger partial charge in [0.05, 0.1) is 44.9 Å². The van der Waals surface area contributed by atoms with E-state index in [2.05, 4.69) is 25.3 Å². The van der Waals surface area contributed by atoms with E-state index in [1.54, 1.807) is 42.6 Å². The van der Waals surface area contributed by atoms with Crippen LogP contribution in [0.3, 0.4) is 0 Å². The summed E-state index contributed by atoms with van der Waals surface area (Å²) in [5, 5.41) is 6.13. The SMILES string of the molecule is CS(=O)(=O)c1cc(OC(F)(F)F)cc(C(=O)NCc2nc3ccccc3nc2C2C=CC(Cl)=CN2)c1. The lowest BCUT2D eigenvalue weighted by Gasteiger charge is -2.20. The second kappa shape index (κ2) is 9.78. The highest BCUT2D eigenvalue weighted by atomic mass is 35.5. The highest BCUT2D eigenvalue weighted by molar-refractivity contribution is 7.90. The van der Waals surface area contributed by atoms with Crippen LogP contribution in [0, 0.1) is 0 Å². The molecule has 3 aromatic rings. The summed E-state index contributed by atoms with van der Waals surface area (Å²) >= 11 is 5.97. The number of sulfone groups is 1. The molecule has 13 heteroatoms. The van der Waals surface area contributed by atoms with E-state index in [1.807, 2.05) is 0 Å². The Hall–Kier alpha value is -3.64. The van der Waals surface area contributed by atoms with Gasteiger partial charge in [-0.3, -0.25) is 4.79 Å². The Bertz CT molecular complexity index is 1510. The van der Waals surface area contributed by atoms with Crippen LogP contribution in [0.25, 0.3) is 11.0 Å². The quantitative estimate of drug-likeness (QED) is 0.485. The average Bonchev–Trinajstić information content (AvgIpc) is 2.80. The number of alkyl halides is 3. The number of fused-ring (bicyclic) bond motifs is 1. The van der Waals surface area contributed by atoms with Crippen molar-refractivity contribution < 1.29 is 31.1 Å². The first-order valence-corrected chi connectivity index (χ1v) is 12.6. The van der Waals surface area contributed by atoms with Crippen LogP contribution in [0.5, 0.6) is 5.75 Å². The van der Waals surface area contributed by atoms with E-state index in [0.717, 1.165) is 18.4 Å². The summed E-state index contributed by atoms with van der Waals surface area (Å²) in [5.41, 5.74) is 1.74. The third kappa shape index (κ3) is 6.13. The van der Waals surface area contributed by atoms with Crippen molar-refractivity contribution in [1.29, 1.82) is 0 Å². The summed E-state index contributed by atoms with van der Waals surface area (Å²) in [6, 6.07) is 9.18. The van der Waals surface area contributed by atoms with Gasteiger partial charge in [-0.2, -0.15) is 0 Å². The van der Waals surface area contributed by atoms with Crippen LogP contribution in [0.1, 0.15) is 27.8 Å². The van der Waals surface area contributed by atoms with Crippen LogP contribution in [0.15, 0.2) is 70.7 Å². The number of hydrogen-bond acceptors (Lipinski definition) is 7. The first-order chi connectivity index (χ1) is 16.9. The molecular weight excluding hydrogens is 521 g/mol. The monoisotopic (exact) mass is 538 g/mol. The van der Waals surface area contributed by atoms with Crippen molar-refractivity contribution in [2.45, 2.75) is 23.8 Å². The van der Waals surface area contributed by atoms with Crippen molar-refractivity contribution >= 4 is 38.4 Å². The molecule has 0 bridgehead atoms. The van der Waals surface area contributed by atoms with E-state index in [0.29, 0.717) is 33.5 Å². The molecule has 0 fully saturated rings. The summed E-state index contributed by atoms with van der Waals surface area (Å²) in [4.78, 5) is 21.6. The number of benzene rings is 2. The minimum Gasteiger partial charge on any atom is -0.406 e. The first-order valence-electron chi connectivity index (χ1n) is 10.3. The fourth-order valence-corrected chi connectivity index (χ4v) is 4.24. The molecule has 0 saturated heterocycles. The molecule has 36 heavy (non-hydrogen) atoms. The van der Waals surface area contributed by atoms with Gasteiger partial charge in [0.1, 0.15) is 5.75 Å². The third-order valence-electron chi connectivity index (χ3n) is 5.04. The molecule has 4 rings (SSSR count). The highest BCUT2D eigenvalue weighted by Gasteiger charge is 2.32. The van der Waals surface area contributed by atoms with Crippen molar-refractivity contribution in [3.8, 4) is 5.75 Å². The number of carbonyl (C=O) groups is 1. The summed E-state index contributed by atoms with van der Waals surface area (Å²) in [6.45, 7) is -0.145. The lowest BCUT2D eigenvalue weighted by Crippen LogP contribution is -2.27. The van der Waals surface area contributed by atoms with Gasteiger partial charge in [0.25, 0.3) is 5.91 Å². The molecule has 1 aliphatic rings. The number of dihydropyridines is 1. The second-order valence-electron chi connectivity index (χ2n) is 7.77. The fraction of sp³-hybridized carbons (Fsp3) is 0.174. The van der Waals surface area contributed by atoms with Crippen LogP contribution in [0.2, 0.25) is 0 Å². The minimum absolute atomic E-state index is 0.145. The molecule has 2 heterocycles. The van der Waals surface area contributed by atoms with Gasteiger partial charge < -0.3 is 15.4 Å². The molecule has 1 atom stereocenters. The van der Waals surface area contributed by atoms with Crippen molar-refractivity contribution in [1.82, 2.24) is 20.6 Å². The molecule has 2 N–H and O–H groups in total. The smallest absolute Gasteiger partial charge is 0.406 e. The molecule has 1 aromatic heterocycles. The number of para-hydroxylation sites is 2. The van der Waals surface area contributed by atoms with Crippen LogP contribution in [0.4, 0.5) is 13.2 Å². The maximum absolute atomic E-state index is 12.9. The van der Waals surface area contributed by atoms with Crippen LogP contribution >= 0.6 is 11.6 Å². The molecule has 0 spiro atoms. The number of ether oxygens (including phenoxy) is 1. The Morgan fingerprint density at radius 1 is 1.17 bits per heavy atom. The van der Waals surface area contributed by atoms with Gasteiger partial charge in [-0.15, -0.1) is 13.2 Å². The number of nitrogens with one attached hydrogen (secondary N) is 2. The number of aromatic nitrogens is 2.